The second-order valence-corrected chi connectivity index (χ2v) is 8.21. The molecule has 1 aromatic carbocycles. The summed E-state index contributed by atoms with van der Waals surface area (Å²) in [6, 6.07) is 6.09. The van der Waals surface area contributed by atoms with Crippen LogP contribution in [0.4, 0.5) is 0 Å². The summed E-state index contributed by atoms with van der Waals surface area (Å²) < 4.78 is 16.8. The van der Waals surface area contributed by atoms with Gasteiger partial charge >= 0.3 is 0 Å². The van der Waals surface area contributed by atoms with Gasteiger partial charge in [-0.2, -0.15) is 0 Å². The standard InChI is InChI=1S/C22H36N2O4/c1-23(14-18-7-11-27-12-8-18)15-19-5-6-21(26-2)22(13-19)28-17-20(25)16-24-9-3-4-10-24/h5-6,13,18,20,25H,3-4,7-12,14-17H2,1-2H3/t20-/m1/s1. The van der Waals surface area contributed by atoms with Crippen molar-refractivity contribution < 1.29 is 19.3 Å². The maximum absolute atomic E-state index is 10.3. The van der Waals surface area contributed by atoms with Gasteiger partial charge in [-0.1, -0.05) is 6.07 Å². The van der Waals surface area contributed by atoms with E-state index in [4.69, 9.17) is 14.2 Å². The quantitative estimate of drug-likeness (QED) is 0.660. The molecule has 2 aliphatic rings. The SMILES string of the molecule is COc1ccc(CN(C)CC2CCOCC2)cc1OC[C@H](O)CN1CCCC1. The number of likely N-dealkylation sites (tertiary alicyclic amines) is 1. The number of ether oxygens (including phenoxy) is 3. The third-order valence-electron chi connectivity index (χ3n) is 5.69. The van der Waals surface area contributed by atoms with Crippen LogP contribution in [0.25, 0.3) is 0 Å². The fourth-order valence-electron chi connectivity index (χ4n) is 4.18. The molecule has 2 heterocycles. The van der Waals surface area contributed by atoms with Gasteiger partial charge in [-0.25, -0.2) is 0 Å². The van der Waals surface area contributed by atoms with Crippen molar-refractivity contribution in [3.63, 3.8) is 0 Å². The Hall–Kier alpha value is -1.34. The predicted molar refractivity (Wildman–Crippen MR) is 110 cm³/mol. The molecular weight excluding hydrogens is 356 g/mol. The summed E-state index contributed by atoms with van der Waals surface area (Å²) in [5, 5.41) is 10.3. The zero-order chi connectivity index (χ0) is 19.8. The van der Waals surface area contributed by atoms with Crippen LogP contribution < -0.4 is 9.47 Å². The Morgan fingerprint density at radius 1 is 1.21 bits per heavy atom. The van der Waals surface area contributed by atoms with Crippen LogP contribution in [0.3, 0.4) is 0 Å². The van der Waals surface area contributed by atoms with Crippen LogP contribution in [0.15, 0.2) is 18.2 Å². The topological polar surface area (TPSA) is 54.4 Å². The van der Waals surface area contributed by atoms with Gasteiger partial charge in [-0.15, -0.1) is 0 Å². The molecule has 2 saturated heterocycles. The average molecular weight is 393 g/mol. The first kappa shape index (κ1) is 21.4. The number of β-amino-alcohol motifs (C(OH)–C–C–N with tert-alkyl or cyclic N) is 1. The van der Waals surface area contributed by atoms with Crippen LogP contribution in [0.5, 0.6) is 11.5 Å². The molecule has 1 N–H and O–H groups in total. The van der Waals surface area contributed by atoms with E-state index in [1.165, 1.54) is 18.4 Å². The van der Waals surface area contributed by atoms with Crippen molar-refractivity contribution in [3.8, 4) is 11.5 Å². The molecule has 2 aliphatic heterocycles. The monoisotopic (exact) mass is 392 g/mol. The van der Waals surface area contributed by atoms with Crippen LogP contribution >= 0.6 is 0 Å². The molecule has 0 aromatic heterocycles. The number of benzene rings is 1. The van der Waals surface area contributed by atoms with Crippen LogP contribution in [0.1, 0.15) is 31.2 Å². The summed E-state index contributed by atoms with van der Waals surface area (Å²) in [6.45, 7) is 6.85. The molecule has 1 aromatic rings. The van der Waals surface area contributed by atoms with E-state index in [2.05, 4.69) is 22.9 Å². The lowest BCUT2D eigenvalue weighted by Gasteiger charge is -2.27. The van der Waals surface area contributed by atoms with E-state index >= 15 is 0 Å². The number of aliphatic hydroxyl groups excluding tert-OH is 1. The Labute approximate surface area is 169 Å². The molecule has 2 fully saturated rings. The minimum Gasteiger partial charge on any atom is -0.493 e. The number of rotatable bonds is 10. The van der Waals surface area contributed by atoms with Crippen molar-refractivity contribution in [3.05, 3.63) is 23.8 Å². The third kappa shape index (κ3) is 6.62. The van der Waals surface area contributed by atoms with Crippen LogP contribution in [0, 0.1) is 5.92 Å². The molecule has 0 aliphatic carbocycles. The number of hydrogen-bond acceptors (Lipinski definition) is 6. The molecule has 0 amide bonds. The lowest BCUT2D eigenvalue weighted by Crippen LogP contribution is -2.33. The molecule has 28 heavy (non-hydrogen) atoms. The van der Waals surface area contributed by atoms with E-state index in [0.29, 0.717) is 24.0 Å². The van der Waals surface area contributed by atoms with E-state index in [9.17, 15) is 5.11 Å². The molecule has 3 rings (SSSR count). The summed E-state index contributed by atoms with van der Waals surface area (Å²) in [5.74, 6) is 2.14. The summed E-state index contributed by atoms with van der Waals surface area (Å²) in [7, 11) is 3.82. The van der Waals surface area contributed by atoms with E-state index in [-0.39, 0.29) is 6.61 Å². The highest BCUT2D eigenvalue weighted by Crippen LogP contribution is 2.29. The van der Waals surface area contributed by atoms with Crippen molar-refractivity contribution >= 4 is 0 Å². The second kappa shape index (κ2) is 11.0. The molecule has 6 nitrogen and oxygen atoms in total. The summed E-state index contributed by atoms with van der Waals surface area (Å²) in [4.78, 5) is 4.66. The predicted octanol–water partition coefficient (Wildman–Crippen LogP) is 2.39. The Morgan fingerprint density at radius 3 is 2.68 bits per heavy atom. The molecule has 0 saturated carbocycles. The van der Waals surface area contributed by atoms with Gasteiger partial charge in [0, 0.05) is 32.8 Å². The number of methoxy groups -OCH3 is 1. The Kier molecular flexibility index (Phi) is 8.40. The van der Waals surface area contributed by atoms with Crippen molar-refractivity contribution in [2.75, 3.05) is 60.2 Å². The fraction of sp³-hybridized carbons (Fsp3) is 0.727. The molecule has 0 unspecified atom stereocenters. The Morgan fingerprint density at radius 2 is 1.96 bits per heavy atom. The molecule has 158 valence electrons. The lowest BCUT2D eigenvalue weighted by molar-refractivity contribution is 0.0549. The van der Waals surface area contributed by atoms with Gasteiger partial charge < -0.3 is 29.1 Å². The zero-order valence-electron chi connectivity index (χ0n) is 17.4. The highest BCUT2D eigenvalue weighted by molar-refractivity contribution is 5.43. The van der Waals surface area contributed by atoms with Crippen LogP contribution in [-0.4, -0.2) is 81.2 Å². The van der Waals surface area contributed by atoms with E-state index < -0.39 is 6.10 Å². The molecule has 0 spiro atoms. The van der Waals surface area contributed by atoms with E-state index in [0.717, 1.165) is 52.2 Å². The molecule has 0 radical (unpaired) electrons. The minimum absolute atomic E-state index is 0.286. The van der Waals surface area contributed by atoms with Gasteiger partial charge in [0.05, 0.1) is 7.11 Å². The number of nitrogens with zero attached hydrogens (tertiary/aromatic N) is 2. The van der Waals surface area contributed by atoms with Crippen molar-refractivity contribution in [2.24, 2.45) is 5.92 Å². The summed E-state index contributed by atoms with van der Waals surface area (Å²) in [6.07, 6.45) is 4.27. The molecule has 0 bridgehead atoms. The largest absolute Gasteiger partial charge is 0.493 e. The first-order chi connectivity index (χ1) is 13.6. The van der Waals surface area contributed by atoms with Gasteiger partial charge in [0.2, 0.25) is 0 Å². The maximum Gasteiger partial charge on any atom is 0.161 e. The van der Waals surface area contributed by atoms with Crippen molar-refractivity contribution in [2.45, 2.75) is 38.3 Å². The highest BCUT2D eigenvalue weighted by Gasteiger charge is 2.18. The van der Waals surface area contributed by atoms with Crippen LogP contribution in [0.2, 0.25) is 0 Å². The van der Waals surface area contributed by atoms with Gasteiger partial charge in [-0.3, -0.25) is 0 Å². The third-order valence-corrected chi connectivity index (χ3v) is 5.69. The summed E-state index contributed by atoms with van der Waals surface area (Å²) in [5.41, 5.74) is 1.19. The second-order valence-electron chi connectivity index (χ2n) is 8.21. The normalized spacial score (nSPS) is 19.9. The average Bonchev–Trinajstić information content (AvgIpc) is 3.20. The fourth-order valence-corrected chi connectivity index (χ4v) is 4.18. The van der Waals surface area contributed by atoms with Crippen molar-refractivity contribution in [1.29, 1.82) is 0 Å². The Balaban J connectivity index is 1.51. The molecular formula is C22H36N2O4. The highest BCUT2D eigenvalue weighted by atomic mass is 16.5. The lowest BCUT2D eigenvalue weighted by atomic mass is 10.00. The molecule has 6 heteroatoms. The smallest absolute Gasteiger partial charge is 0.161 e. The van der Waals surface area contributed by atoms with Gasteiger partial charge in [0.15, 0.2) is 11.5 Å². The van der Waals surface area contributed by atoms with Crippen LogP contribution in [-0.2, 0) is 11.3 Å². The van der Waals surface area contributed by atoms with E-state index in [1.807, 2.05) is 12.1 Å². The minimum atomic E-state index is -0.484. The first-order valence-electron chi connectivity index (χ1n) is 10.6. The van der Waals surface area contributed by atoms with Crippen molar-refractivity contribution in [1.82, 2.24) is 9.80 Å². The Bertz CT molecular complexity index is 586. The first-order valence-corrected chi connectivity index (χ1v) is 10.6. The molecule has 1 atom stereocenters. The number of aliphatic hydroxyl groups is 1. The summed E-state index contributed by atoms with van der Waals surface area (Å²) >= 11 is 0. The number of hydrogen-bond donors (Lipinski definition) is 1. The van der Waals surface area contributed by atoms with Gasteiger partial charge in [0.25, 0.3) is 0 Å². The van der Waals surface area contributed by atoms with Gasteiger partial charge in [-0.05, 0) is 69.4 Å². The van der Waals surface area contributed by atoms with Gasteiger partial charge in [0.1, 0.15) is 12.7 Å². The van der Waals surface area contributed by atoms with E-state index in [1.54, 1.807) is 7.11 Å². The maximum atomic E-state index is 10.3. The zero-order valence-corrected chi connectivity index (χ0v) is 17.4.